The second-order valence-electron chi connectivity index (χ2n) is 5.55. The van der Waals surface area contributed by atoms with E-state index in [1.54, 1.807) is 6.20 Å². The Morgan fingerprint density at radius 3 is 3.14 bits per heavy atom. The molecular formula is C15H18N6. The summed E-state index contributed by atoms with van der Waals surface area (Å²) in [6, 6.07) is 6.46. The minimum atomic E-state index is 0.533. The molecule has 1 saturated heterocycles. The number of pyridine rings is 1. The van der Waals surface area contributed by atoms with Gasteiger partial charge in [0.15, 0.2) is 5.65 Å². The quantitative estimate of drug-likeness (QED) is 0.793. The molecule has 0 bridgehead atoms. The van der Waals surface area contributed by atoms with Gasteiger partial charge in [-0.1, -0.05) is 0 Å². The van der Waals surface area contributed by atoms with E-state index in [2.05, 4.69) is 25.0 Å². The van der Waals surface area contributed by atoms with Crippen LogP contribution in [0.15, 0.2) is 36.8 Å². The summed E-state index contributed by atoms with van der Waals surface area (Å²) in [5, 5.41) is 4.31. The molecule has 1 aliphatic rings. The normalized spacial score (nSPS) is 19.5. The van der Waals surface area contributed by atoms with E-state index in [0.29, 0.717) is 6.04 Å². The van der Waals surface area contributed by atoms with Gasteiger partial charge in [-0.25, -0.2) is 9.97 Å². The fourth-order valence-electron chi connectivity index (χ4n) is 3.10. The molecule has 0 aromatic carbocycles. The van der Waals surface area contributed by atoms with Gasteiger partial charge in [-0.05, 0) is 37.6 Å². The molecule has 3 aromatic rings. The number of likely N-dealkylation sites (tertiary alicyclic amines) is 1. The molecule has 21 heavy (non-hydrogen) atoms. The van der Waals surface area contributed by atoms with Crippen LogP contribution in [0, 0.1) is 0 Å². The number of imidazole rings is 1. The molecule has 4 rings (SSSR count). The maximum absolute atomic E-state index is 4.58. The minimum absolute atomic E-state index is 0.533. The summed E-state index contributed by atoms with van der Waals surface area (Å²) in [7, 11) is 0. The van der Waals surface area contributed by atoms with Gasteiger partial charge in [-0.2, -0.15) is 5.10 Å². The van der Waals surface area contributed by atoms with Crippen molar-refractivity contribution in [2.24, 2.45) is 0 Å². The summed E-state index contributed by atoms with van der Waals surface area (Å²) in [6.45, 7) is 2.92. The Hall–Kier alpha value is -2.21. The molecule has 1 aliphatic heterocycles. The lowest BCUT2D eigenvalue weighted by molar-refractivity contribution is 0.215. The summed E-state index contributed by atoms with van der Waals surface area (Å²) < 4.78 is 2.02. The van der Waals surface area contributed by atoms with Crippen molar-refractivity contribution in [3.05, 3.63) is 42.6 Å². The molecule has 0 aliphatic carbocycles. The van der Waals surface area contributed by atoms with Gasteiger partial charge >= 0.3 is 0 Å². The number of aromatic amines is 1. The van der Waals surface area contributed by atoms with Crippen LogP contribution in [0.25, 0.3) is 11.2 Å². The van der Waals surface area contributed by atoms with Crippen molar-refractivity contribution in [1.29, 1.82) is 0 Å². The van der Waals surface area contributed by atoms with E-state index in [1.807, 2.05) is 35.3 Å². The van der Waals surface area contributed by atoms with Gasteiger partial charge in [0.2, 0.25) is 0 Å². The Balaban J connectivity index is 1.49. The smallest absolute Gasteiger partial charge is 0.177 e. The topological polar surface area (TPSA) is 62.6 Å². The van der Waals surface area contributed by atoms with E-state index in [9.17, 15) is 0 Å². The Morgan fingerprint density at radius 2 is 2.29 bits per heavy atom. The summed E-state index contributed by atoms with van der Waals surface area (Å²) in [6.07, 6.45) is 8.11. The Kier molecular flexibility index (Phi) is 3.16. The van der Waals surface area contributed by atoms with Crippen LogP contribution in [0.5, 0.6) is 0 Å². The highest BCUT2D eigenvalue weighted by Gasteiger charge is 2.25. The predicted molar refractivity (Wildman–Crippen MR) is 79.5 cm³/mol. The molecule has 0 unspecified atom stereocenters. The lowest BCUT2D eigenvalue weighted by Crippen LogP contribution is -2.33. The maximum Gasteiger partial charge on any atom is 0.177 e. The van der Waals surface area contributed by atoms with E-state index < -0.39 is 0 Å². The number of nitrogens with zero attached hydrogens (tertiary/aromatic N) is 5. The monoisotopic (exact) mass is 282 g/mol. The van der Waals surface area contributed by atoms with Crippen LogP contribution in [-0.2, 0) is 13.1 Å². The number of rotatable bonds is 4. The zero-order valence-corrected chi connectivity index (χ0v) is 11.8. The van der Waals surface area contributed by atoms with Crippen LogP contribution in [0.2, 0.25) is 0 Å². The molecule has 0 spiro atoms. The fourth-order valence-corrected chi connectivity index (χ4v) is 3.10. The van der Waals surface area contributed by atoms with Gasteiger partial charge in [0, 0.05) is 24.6 Å². The van der Waals surface area contributed by atoms with E-state index in [4.69, 9.17) is 0 Å². The molecular weight excluding hydrogens is 264 g/mol. The highest BCUT2D eigenvalue weighted by atomic mass is 15.3. The van der Waals surface area contributed by atoms with Crippen LogP contribution in [0.4, 0.5) is 0 Å². The highest BCUT2D eigenvalue weighted by molar-refractivity contribution is 5.69. The first-order chi connectivity index (χ1) is 10.4. The Labute approximate surface area is 122 Å². The summed E-state index contributed by atoms with van der Waals surface area (Å²) in [4.78, 5) is 14.7. The van der Waals surface area contributed by atoms with E-state index >= 15 is 0 Å². The molecule has 6 heteroatoms. The van der Waals surface area contributed by atoms with Gasteiger partial charge in [0.25, 0.3) is 0 Å². The zero-order chi connectivity index (χ0) is 14.1. The SMILES string of the molecule is c1cnc2nc(CN3CCC[C@H]3Cn3cccn3)[nH]c2c1. The number of aromatic nitrogens is 5. The highest BCUT2D eigenvalue weighted by Crippen LogP contribution is 2.21. The second-order valence-corrected chi connectivity index (χ2v) is 5.55. The Morgan fingerprint density at radius 1 is 1.29 bits per heavy atom. The standard InChI is InChI=1S/C15H18N6/c1-5-13-15(16-6-1)19-14(18-13)11-20-8-2-4-12(20)10-21-9-3-7-17-21/h1,3,5-7,9,12H,2,4,8,10-11H2,(H,16,18,19)/t12-/m0/s1. The zero-order valence-electron chi connectivity index (χ0n) is 11.8. The largest absolute Gasteiger partial charge is 0.340 e. The second kappa shape index (κ2) is 5.29. The van der Waals surface area contributed by atoms with Gasteiger partial charge < -0.3 is 4.98 Å². The first kappa shape index (κ1) is 12.5. The number of hydrogen-bond acceptors (Lipinski definition) is 4. The molecule has 3 aromatic heterocycles. The molecule has 1 fully saturated rings. The van der Waals surface area contributed by atoms with Gasteiger partial charge in [-0.3, -0.25) is 9.58 Å². The number of hydrogen-bond donors (Lipinski definition) is 1. The molecule has 6 nitrogen and oxygen atoms in total. The number of nitrogens with one attached hydrogen (secondary N) is 1. The lowest BCUT2D eigenvalue weighted by Gasteiger charge is -2.23. The summed E-state index contributed by atoms with van der Waals surface area (Å²) in [5.41, 5.74) is 1.81. The van der Waals surface area contributed by atoms with Gasteiger partial charge in [-0.15, -0.1) is 0 Å². The molecule has 1 N–H and O–H groups in total. The van der Waals surface area contributed by atoms with E-state index in [1.165, 1.54) is 12.8 Å². The van der Waals surface area contributed by atoms with Crippen molar-refractivity contribution in [1.82, 2.24) is 29.6 Å². The lowest BCUT2D eigenvalue weighted by atomic mass is 10.2. The molecule has 0 amide bonds. The van der Waals surface area contributed by atoms with Crippen LogP contribution in [0.3, 0.4) is 0 Å². The van der Waals surface area contributed by atoms with Crippen molar-refractivity contribution >= 4 is 11.2 Å². The number of fused-ring (bicyclic) bond motifs is 1. The first-order valence-electron chi connectivity index (χ1n) is 7.39. The minimum Gasteiger partial charge on any atom is -0.340 e. The van der Waals surface area contributed by atoms with Crippen molar-refractivity contribution in [3.63, 3.8) is 0 Å². The number of H-pyrrole nitrogens is 1. The fraction of sp³-hybridized carbons (Fsp3) is 0.400. The van der Waals surface area contributed by atoms with E-state index in [0.717, 1.165) is 36.6 Å². The predicted octanol–water partition coefficient (Wildman–Crippen LogP) is 1.82. The summed E-state index contributed by atoms with van der Waals surface area (Å²) >= 11 is 0. The van der Waals surface area contributed by atoms with Crippen molar-refractivity contribution < 1.29 is 0 Å². The maximum atomic E-state index is 4.58. The van der Waals surface area contributed by atoms with E-state index in [-0.39, 0.29) is 0 Å². The average molecular weight is 282 g/mol. The van der Waals surface area contributed by atoms with Crippen LogP contribution >= 0.6 is 0 Å². The van der Waals surface area contributed by atoms with Gasteiger partial charge in [0.1, 0.15) is 5.82 Å². The van der Waals surface area contributed by atoms with Gasteiger partial charge in [0.05, 0.1) is 18.6 Å². The molecule has 1 atom stereocenters. The van der Waals surface area contributed by atoms with Crippen molar-refractivity contribution in [2.75, 3.05) is 6.54 Å². The third-order valence-corrected chi connectivity index (χ3v) is 4.12. The molecule has 108 valence electrons. The molecule has 0 saturated carbocycles. The molecule has 4 heterocycles. The Bertz CT molecular complexity index is 684. The van der Waals surface area contributed by atoms with Crippen LogP contribution < -0.4 is 0 Å². The third kappa shape index (κ3) is 2.54. The van der Waals surface area contributed by atoms with Crippen LogP contribution in [-0.4, -0.2) is 42.2 Å². The first-order valence-corrected chi connectivity index (χ1v) is 7.39. The van der Waals surface area contributed by atoms with Crippen molar-refractivity contribution in [2.45, 2.75) is 32.0 Å². The van der Waals surface area contributed by atoms with Crippen LogP contribution in [0.1, 0.15) is 18.7 Å². The van der Waals surface area contributed by atoms with Crippen molar-refractivity contribution in [3.8, 4) is 0 Å². The third-order valence-electron chi connectivity index (χ3n) is 4.12. The average Bonchev–Trinajstić information content (AvgIpc) is 3.21. The summed E-state index contributed by atoms with van der Waals surface area (Å²) in [5.74, 6) is 0.996. The molecule has 0 radical (unpaired) electrons.